The summed E-state index contributed by atoms with van der Waals surface area (Å²) in [5, 5.41) is 13.7. The molecule has 0 heterocycles. The molecule has 22 heavy (non-hydrogen) atoms. The highest BCUT2D eigenvalue weighted by Crippen LogP contribution is 2.17. The summed E-state index contributed by atoms with van der Waals surface area (Å²) in [6.45, 7) is 2.55. The molecule has 1 amide bonds. The van der Waals surface area contributed by atoms with Gasteiger partial charge in [0.1, 0.15) is 0 Å². The van der Waals surface area contributed by atoms with E-state index in [1.807, 2.05) is 31.2 Å². The fourth-order valence-electron chi connectivity index (χ4n) is 2.30. The number of hydrogen-bond donors (Lipinski definition) is 1. The van der Waals surface area contributed by atoms with Gasteiger partial charge in [-0.3, -0.25) is 14.9 Å². The minimum atomic E-state index is -0.462. The normalized spacial score (nSPS) is 10.2. The molecule has 0 atom stereocenters. The van der Waals surface area contributed by atoms with Crippen molar-refractivity contribution in [2.75, 3.05) is 6.54 Å². The average molecular weight is 298 g/mol. The molecule has 0 fully saturated rings. The first-order valence-electron chi connectivity index (χ1n) is 7.11. The Morgan fingerprint density at radius 2 is 1.73 bits per heavy atom. The Balaban J connectivity index is 1.89. The van der Waals surface area contributed by atoms with Crippen LogP contribution in [0.4, 0.5) is 5.69 Å². The molecule has 5 nitrogen and oxygen atoms in total. The van der Waals surface area contributed by atoms with Crippen molar-refractivity contribution in [3.63, 3.8) is 0 Å². The van der Waals surface area contributed by atoms with Gasteiger partial charge in [0.25, 0.3) is 5.69 Å². The van der Waals surface area contributed by atoms with Crippen LogP contribution in [0.5, 0.6) is 0 Å². The zero-order valence-corrected chi connectivity index (χ0v) is 12.4. The van der Waals surface area contributed by atoms with Crippen LogP contribution in [0.2, 0.25) is 0 Å². The van der Waals surface area contributed by atoms with Crippen LogP contribution < -0.4 is 5.32 Å². The smallest absolute Gasteiger partial charge is 0.273 e. The van der Waals surface area contributed by atoms with Gasteiger partial charge in [0, 0.05) is 18.2 Å². The van der Waals surface area contributed by atoms with E-state index < -0.39 is 4.92 Å². The number of benzene rings is 2. The van der Waals surface area contributed by atoms with E-state index in [2.05, 4.69) is 5.32 Å². The summed E-state index contributed by atoms with van der Waals surface area (Å²) in [6.07, 6.45) is 0.764. The second-order valence-electron chi connectivity index (χ2n) is 5.09. The molecule has 0 aliphatic rings. The Morgan fingerprint density at radius 1 is 1.09 bits per heavy atom. The van der Waals surface area contributed by atoms with Gasteiger partial charge in [-0.15, -0.1) is 0 Å². The van der Waals surface area contributed by atoms with E-state index in [-0.39, 0.29) is 18.0 Å². The summed E-state index contributed by atoms with van der Waals surface area (Å²) < 4.78 is 0. The average Bonchev–Trinajstić information content (AvgIpc) is 2.49. The van der Waals surface area contributed by atoms with Gasteiger partial charge < -0.3 is 5.32 Å². The third kappa shape index (κ3) is 4.15. The predicted molar refractivity (Wildman–Crippen MR) is 84.7 cm³/mol. The molecular formula is C17H18N2O3. The molecule has 0 bridgehead atoms. The van der Waals surface area contributed by atoms with Gasteiger partial charge in [-0.2, -0.15) is 0 Å². The third-order valence-corrected chi connectivity index (χ3v) is 3.52. The first kappa shape index (κ1) is 15.7. The Labute approximate surface area is 129 Å². The van der Waals surface area contributed by atoms with Gasteiger partial charge in [0.05, 0.1) is 11.3 Å². The van der Waals surface area contributed by atoms with E-state index in [1.54, 1.807) is 18.2 Å². The number of rotatable bonds is 6. The van der Waals surface area contributed by atoms with Crippen molar-refractivity contribution in [3.8, 4) is 0 Å². The van der Waals surface area contributed by atoms with Gasteiger partial charge in [-0.25, -0.2) is 0 Å². The van der Waals surface area contributed by atoms with Crippen molar-refractivity contribution >= 4 is 11.6 Å². The SMILES string of the molecule is Cc1ccccc1CCNC(=O)Cc1ccccc1[N+](=O)[O-]. The van der Waals surface area contributed by atoms with E-state index in [9.17, 15) is 14.9 Å². The molecule has 0 aromatic heterocycles. The van der Waals surface area contributed by atoms with Crippen molar-refractivity contribution in [1.29, 1.82) is 0 Å². The van der Waals surface area contributed by atoms with Crippen LogP contribution >= 0.6 is 0 Å². The van der Waals surface area contributed by atoms with Gasteiger partial charge in [0.15, 0.2) is 0 Å². The lowest BCUT2D eigenvalue weighted by Gasteiger charge is -2.08. The number of amides is 1. The zero-order chi connectivity index (χ0) is 15.9. The highest BCUT2D eigenvalue weighted by molar-refractivity contribution is 5.79. The Bertz CT molecular complexity index is 683. The number of aryl methyl sites for hydroxylation is 1. The Hall–Kier alpha value is -2.69. The van der Waals surface area contributed by atoms with Crippen LogP contribution in [-0.4, -0.2) is 17.4 Å². The molecule has 0 saturated heterocycles. The topological polar surface area (TPSA) is 72.2 Å². The van der Waals surface area contributed by atoms with Crippen LogP contribution in [0.1, 0.15) is 16.7 Å². The minimum Gasteiger partial charge on any atom is -0.355 e. The fourth-order valence-corrected chi connectivity index (χ4v) is 2.30. The van der Waals surface area contributed by atoms with E-state index in [0.717, 1.165) is 6.42 Å². The molecule has 0 unspecified atom stereocenters. The van der Waals surface area contributed by atoms with Crippen LogP contribution in [0.3, 0.4) is 0 Å². The van der Waals surface area contributed by atoms with Crippen molar-refractivity contribution < 1.29 is 9.72 Å². The van der Waals surface area contributed by atoms with Gasteiger partial charge in [0.2, 0.25) is 5.91 Å². The summed E-state index contributed by atoms with van der Waals surface area (Å²) in [6, 6.07) is 14.3. The van der Waals surface area contributed by atoms with E-state index >= 15 is 0 Å². The zero-order valence-electron chi connectivity index (χ0n) is 12.4. The quantitative estimate of drug-likeness (QED) is 0.658. The van der Waals surface area contributed by atoms with Crippen molar-refractivity contribution in [2.24, 2.45) is 0 Å². The maximum Gasteiger partial charge on any atom is 0.273 e. The summed E-state index contributed by atoms with van der Waals surface area (Å²) >= 11 is 0. The summed E-state index contributed by atoms with van der Waals surface area (Å²) in [5.74, 6) is -0.206. The molecule has 2 rings (SSSR count). The highest BCUT2D eigenvalue weighted by Gasteiger charge is 2.15. The lowest BCUT2D eigenvalue weighted by molar-refractivity contribution is -0.385. The Kier molecular flexibility index (Phi) is 5.25. The van der Waals surface area contributed by atoms with E-state index in [0.29, 0.717) is 12.1 Å². The molecule has 5 heteroatoms. The number of para-hydroxylation sites is 1. The minimum absolute atomic E-state index is 0.0171. The lowest BCUT2D eigenvalue weighted by Crippen LogP contribution is -2.27. The number of nitrogens with zero attached hydrogens (tertiary/aromatic N) is 1. The number of carbonyl (C=O) groups excluding carboxylic acids is 1. The summed E-state index contributed by atoms with van der Waals surface area (Å²) in [7, 11) is 0. The maximum absolute atomic E-state index is 11.9. The number of nitro benzene ring substituents is 1. The molecule has 0 aliphatic heterocycles. The molecule has 0 radical (unpaired) electrons. The number of carbonyl (C=O) groups is 1. The molecule has 0 spiro atoms. The number of nitro groups is 1. The second-order valence-corrected chi connectivity index (χ2v) is 5.09. The fraction of sp³-hybridized carbons (Fsp3) is 0.235. The largest absolute Gasteiger partial charge is 0.355 e. The highest BCUT2D eigenvalue weighted by atomic mass is 16.6. The molecule has 1 N–H and O–H groups in total. The van der Waals surface area contributed by atoms with Crippen molar-refractivity contribution in [1.82, 2.24) is 5.32 Å². The van der Waals surface area contributed by atoms with Crippen molar-refractivity contribution in [3.05, 3.63) is 75.3 Å². The number of nitrogens with one attached hydrogen (secondary N) is 1. The number of hydrogen-bond acceptors (Lipinski definition) is 3. The van der Waals surface area contributed by atoms with Gasteiger partial charge >= 0.3 is 0 Å². The van der Waals surface area contributed by atoms with Crippen LogP contribution in [0.15, 0.2) is 48.5 Å². The van der Waals surface area contributed by atoms with E-state index in [1.165, 1.54) is 17.2 Å². The van der Waals surface area contributed by atoms with Gasteiger partial charge in [-0.1, -0.05) is 42.5 Å². The van der Waals surface area contributed by atoms with Crippen LogP contribution in [-0.2, 0) is 17.6 Å². The molecular weight excluding hydrogens is 280 g/mol. The molecule has 114 valence electrons. The van der Waals surface area contributed by atoms with Crippen LogP contribution in [0, 0.1) is 17.0 Å². The first-order chi connectivity index (χ1) is 10.6. The summed E-state index contributed by atoms with van der Waals surface area (Å²) in [5.41, 5.74) is 2.79. The van der Waals surface area contributed by atoms with Gasteiger partial charge in [-0.05, 0) is 24.5 Å². The predicted octanol–water partition coefficient (Wildman–Crippen LogP) is 2.80. The second kappa shape index (κ2) is 7.36. The molecule has 2 aromatic carbocycles. The first-order valence-corrected chi connectivity index (χ1v) is 7.11. The van der Waals surface area contributed by atoms with E-state index in [4.69, 9.17) is 0 Å². The monoisotopic (exact) mass is 298 g/mol. The Morgan fingerprint density at radius 3 is 2.41 bits per heavy atom. The third-order valence-electron chi connectivity index (χ3n) is 3.52. The molecule has 0 saturated carbocycles. The lowest BCUT2D eigenvalue weighted by atomic mass is 10.1. The standard InChI is InChI=1S/C17H18N2O3/c1-13-6-2-3-7-14(13)10-11-18-17(20)12-15-8-4-5-9-16(15)19(21)22/h2-9H,10-12H2,1H3,(H,18,20). The maximum atomic E-state index is 11.9. The van der Waals surface area contributed by atoms with Crippen molar-refractivity contribution in [2.45, 2.75) is 19.8 Å². The van der Waals surface area contributed by atoms with Crippen LogP contribution in [0.25, 0.3) is 0 Å². The molecule has 2 aromatic rings. The molecule has 0 aliphatic carbocycles. The summed E-state index contributed by atoms with van der Waals surface area (Å²) in [4.78, 5) is 22.4.